The Labute approximate surface area is 153 Å². The maximum Gasteiger partial charge on any atom is 0.273 e. The summed E-state index contributed by atoms with van der Waals surface area (Å²) in [6, 6.07) is 7.78. The van der Waals surface area contributed by atoms with Crippen LogP contribution in [0.2, 0.25) is 5.02 Å². The number of nitrogens with zero attached hydrogens (tertiary/aromatic N) is 4. The number of halogens is 2. The minimum absolute atomic E-state index is 0.0519. The average molecular weight is 376 g/mol. The Balaban J connectivity index is 1.64. The summed E-state index contributed by atoms with van der Waals surface area (Å²) in [5.74, 6) is -0.751. The van der Waals surface area contributed by atoms with Gasteiger partial charge in [0, 0.05) is 26.3 Å². The van der Waals surface area contributed by atoms with E-state index in [4.69, 9.17) is 11.6 Å². The van der Waals surface area contributed by atoms with Crippen LogP contribution in [0.25, 0.3) is 0 Å². The molecule has 1 aromatic heterocycles. The second-order valence-electron chi connectivity index (χ2n) is 5.75. The topological polar surface area (TPSA) is 87.6 Å². The Kier molecular flexibility index (Phi) is 5.22. The number of rotatable bonds is 4. The predicted molar refractivity (Wildman–Crippen MR) is 94.3 cm³/mol. The molecule has 134 valence electrons. The first-order chi connectivity index (χ1) is 12.4. The van der Waals surface area contributed by atoms with Gasteiger partial charge in [-0.2, -0.15) is 10.2 Å². The molecule has 2 aromatic rings. The Hall–Kier alpha value is -2.87. The number of hydrogen-bond donors (Lipinski definition) is 1. The van der Waals surface area contributed by atoms with E-state index in [9.17, 15) is 14.0 Å². The van der Waals surface area contributed by atoms with Gasteiger partial charge >= 0.3 is 0 Å². The molecule has 0 atom stereocenters. The van der Waals surface area contributed by atoms with Crippen LogP contribution < -0.4 is 5.32 Å². The van der Waals surface area contributed by atoms with E-state index in [1.165, 1.54) is 19.2 Å². The summed E-state index contributed by atoms with van der Waals surface area (Å²) in [4.78, 5) is 23.6. The van der Waals surface area contributed by atoms with Crippen LogP contribution in [0.5, 0.6) is 0 Å². The van der Waals surface area contributed by atoms with Gasteiger partial charge in [0.05, 0.1) is 10.7 Å². The lowest BCUT2D eigenvalue weighted by molar-refractivity contribution is -0.130. The molecule has 0 fully saturated rings. The average Bonchev–Trinajstić information content (AvgIpc) is 2.62. The summed E-state index contributed by atoms with van der Waals surface area (Å²) in [6.07, 6.45) is 0.959. The van der Waals surface area contributed by atoms with Crippen molar-refractivity contribution in [3.8, 4) is 0 Å². The van der Waals surface area contributed by atoms with Gasteiger partial charge in [0.2, 0.25) is 5.91 Å². The Morgan fingerprint density at radius 3 is 2.73 bits per heavy atom. The monoisotopic (exact) mass is 375 g/mol. The second kappa shape index (κ2) is 7.57. The van der Waals surface area contributed by atoms with Gasteiger partial charge in [-0.25, -0.2) is 9.40 Å². The van der Waals surface area contributed by atoms with Crippen molar-refractivity contribution in [3.63, 3.8) is 0 Å². The van der Waals surface area contributed by atoms with Gasteiger partial charge in [0.25, 0.3) is 5.91 Å². The first kappa shape index (κ1) is 17.9. The molecule has 1 aliphatic heterocycles. The van der Waals surface area contributed by atoms with Crippen molar-refractivity contribution in [1.82, 2.24) is 15.2 Å². The van der Waals surface area contributed by atoms with Crippen LogP contribution >= 0.6 is 11.6 Å². The van der Waals surface area contributed by atoms with E-state index in [2.05, 4.69) is 20.6 Å². The molecule has 2 amide bonds. The molecule has 0 saturated carbocycles. The van der Waals surface area contributed by atoms with Crippen LogP contribution in [0.1, 0.15) is 24.1 Å². The van der Waals surface area contributed by atoms with Crippen molar-refractivity contribution >= 4 is 34.9 Å². The number of aromatic nitrogens is 2. The number of hydrazone groups is 1. The van der Waals surface area contributed by atoms with Crippen LogP contribution in [0, 0.1) is 5.82 Å². The molecule has 0 spiro atoms. The van der Waals surface area contributed by atoms with E-state index in [1.54, 1.807) is 18.2 Å². The lowest BCUT2D eigenvalue weighted by Crippen LogP contribution is -2.34. The number of amides is 2. The zero-order valence-corrected chi connectivity index (χ0v) is 14.6. The zero-order valence-electron chi connectivity index (χ0n) is 13.9. The number of anilines is 1. The number of carbonyl (C=O) groups is 2. The van der Waals surface area contributed by atoms with Crippen molar-refractivity contribution in [2.45, 2.75) is 19.3 Å². The first-order valence-electron chi connectivity index (χ1n) is 7.84. The van der Waals surface area contributed by atoms with Gasteiger partial charge < -0.3 is 5.32 Å². The smallest absolute Gasteiger partial charge is 0.273 e. The Morgan fingerprint density at radius 2 is 2.08 bits per heavy atom. The molecule has 2 heterocycles. The summed E-state index contributed by atoms with van der Waals surface area (Å²) < 4.78 is 13.2. The number of nitrogens with one attached hydrogen (secondary N) is 1. The van der Waals surface area contributed by atoms with E-state index in [1.807, 2.05) is 0 Å². The lowest BCUT2D eigenvalue weighted by atomic mass is 10.1. The maximum absolute atomic E-state index is 13.2. The number of hydrogen-bond acceptors (Lipinski definition) is 5. The second-order valence-corrected chi connectivity index (χ2v) is 6.16. The van der Waals surface area contributed by atoms with Crippen LogP contribution in [0.4, 0.5) is 10.2 Å². The number of carbonyl (C=O) groups excluding carboxylic acids is 2. The minimum Gasteiger partial charge on any atom is -0.304 e. The molecule has 0 aliphatic carbocycles. The van der Waals surface area contributed by atoms with E-state index < -0.39 is 11.7 Å². The van der Waals surface area contributed by atoms with Crippen LogP contribution in [0.3, 0.4) is 0 Å². The summed E-state index contributed by atoms with van der Waals surface area (Å²) >= 11 is 5.76. The fourth-order valence-electron chi connectivity index (χ4n) is 2.40. The molecule has 1 aromatic carbocycles. The third kappa shape index (κ3) is 4.20. The highest BCUT2D eigenvalue weighted by Gasteiger charge is 2.22. The van der Waals surface area contributed by atoms with E-state index >= 15 is 0 Å². The molecular weight excluding hydrogens is 361 g/mol. The normalized spacial score (nSPS) is 14.2. The first-order valence-corrected chi connectivity index (χ1v) is 8.22. The van der Waals surface area contributed by atoms with E-state index in [-0.39, 0.29) is 35.3 Å². The predicted octanol–water partition coefficient (Wildman–Crippen LogP) is 2.41. The standard InChI is InChI=1S/C17H15ClFN5O2/c1-24-16(25)7-5-14(23-24)17(26)20-15-6-3-11(21-22-15)8-10-2-4-13(19)12(18)9-10/h2-4,6,9H,5,7-8H2,1H3,(H,20,22,26). The SMILES string of the molecule is CN1N=C(C(=O)Nc2ccc(Cc3ccc(F)c(Cl)c3)nn2)CCC1=O. The zero-order chi connectivity index (χ0) is 18.7. The number of benzene rings is 1. The van der Waals surface area contributed by atoms with Crippen LogP contribution in [-0.4, -0.2) is 39.8 Å². The lowest BCUT2D eigenvalue weighted by Gasteiger charge is -2.18. The van der Waals surface area contributed by atoms with Crippen LogP contribution in [-0.2, 0) is 16.0 Å². The molecule has 1 N–H and O–H groups in total. The molecule has 26 heavy (non-hydrogen) atoms. The summed E-state index contributed by atoms with van der Waals surface area (Å²) in [5, 5.41) is 15.8. The van der Waals surface area contributed by atoms with E-state index in [0.717, 1.165) is 10.6 Å². The molecule has 7 nitrogen and oxygen atoms in total. The molecule has 1 aliphatic rings. The van der Waals surface area contributed by atoms with Gasteiger partial charge in [-0.3, -0.25) is 9.59 Å². The fourth-order valence-corrected chi connectivity index (χ4v) is 2.60. The molecule has 3 rings (SSSR count). The molecule has 0 radical (unpaired) electrons. The minimum atomic E-state index is -0.475. The van der Waals surface area contributed by atoms with Crippen molar-refractivity contribution in [2.75, 3.05) is 12.4 Å². The third-order valence-electron chi connectivity index (χ3n) is 3.80. The quantitative estimate of drug-likeness (QED) is 0.888. The third-order valence-corrected chi connectivity index (χ3v) is 4.09. The summed E-state index contributed by atoms with van der Waals surface area (Å²) in [5.41, 5.74) is 1.71. The van der Waals surface area contributed by atoms with E-state index in [0.29, 0.717) is 12.1 Å². The maximum atomic E-state index is 13.2. The molecule has 0 saturated heterocycles. The van der Waals surface area contributed by atoms with Gasteiger partial charge in [-0.15, -0.1) is 5.10 Å². The Morgan fingerprint density at radius 1 is 1.27 bits per heavy atom. The summed E-state index contributed by atoms with van der Waals surface area (Å²) in [7, 11) is 1.51. The Bertz CT molecular complexity index is 885. The van der Waals surface area contributed by atoms with Gasteiger partial charge in [-0.05, 0) is 29.8 Å². The highest BCUT2D eigenvalue weighted by molar-refractivity contribution is 6.43. The van der Waals surface area contributed by atoms with Crippen molar-refractivity contribution < 1.29 is 14.0 Å². The van der Waals surface area contributed by atoms with Crippen molar-refractivity contribution in [1.29, 1.82) is 0 Å². The van der Waals surface area contributed by atoms with Gasteiger partial charge in [0.1, 0.15) is 11.5 Å². The molecular formula is C17H15ClFN5O2. The van der Waals surface area contributed by atoms with Crippen LogP contribution in [0.15, 0.2) is 35.4 Å². The van der Waals surface area contributed by atoms with Gasteiger partial charge in [-0.1, -0.05) is 17.7 Å². The molecule has 0 unspecified atom stereocenters. The summed E-state index contributed by atoms with van der Waals surface area (Å²) in [6.45, 7) is 0. The van der Waals surface area contributed by atoms with Crippen molar-refractivity contribution in [2.24, 2.45) is 5.10 Å². The molecule has 0 bridgehead atoms. The van der Waals surface area contributed by atoms with Gasteiger partial charge in [0.15, 0.2) is 5.82 Å². The highest BCUT2D eigenvalue weighted by atomic mass is 35.5. The molecule has 9 heteroatoms. The van der Waals surface area contributed by atoms with Crippen molar-refractivity contribution in [3.05, 3.63) is 52.4 Å². The highest BCUT2D eigenvalue weighted by Crippen LogP contribution is 2.18. The largest absolute Gasteiger partial charge is 0.304 e. The fraction of sp³-hybridized carbons (Fsp3) is 0.235.